The van der Waals surface area contributed by atoms with Crippen molar-refractivity contribution in [3.8, 4) is 5.75 Å². The molecule has 1 aliphatic rings. The highest BCUT2D eigenvalue weighted by Crippen LogP contribution is 2.24. The number of ketones is 1. The SMILES string of the molecule is CCNC1COCC1C(=O)c1ccc(OC)cc1C. The second kappa shape index (κ2) is 6.17. The molecule has 0 bridgehead atoms. The Balaban J connectivity index is 2.19. The molecule has 0 radical (unpaired) electrons. The molecular formula is C15H21NO3. The van der Waals surface area contributed by atoms with Crippen LogP contribution in [0.25, 0.3) is 0 Å². The van der Waals surface area contributed by atoms with Crippen LogP contribution in [0.4, 0.5) is 0 Å². The van der Waals surface area contributed by atoms with Gasteiger partial charge >= 0.3 is 0 Å². The molecule has 4 nitrogen and oxygen atoms in total. The summed E-state index contributed by atoms with van der Waals surface area (Å²) in [6, 6.07) is 5.69. The van der Waals surface area contributed by atoms with Crippen molar-refractivity contribution in [1.29, 1.82) is 0 Å². The summed E-state index contributed by atoms with van der Waals surface area (Å²) in [5, 5.41) is 3.32. The molecule has 1 aromatic rings. The molecule has 1 aromatic carbocycles. The molecule has 1 fully saturated rings. The smallest absolute Gasteiger partial charge is 0.170 e. The summed E-state index contributed by atoms with van der Waals surface area (Å²) in [4.78, 5) is 12.6. The van der Waals surface area contributed by atoms with Gasteiger partial charge in [-0.15, -0.1) is 0 Å². The maximum Gasteiger partial charge on any atom is 0.170 e. The van der Waals surface area contributed by atoms with E-state index in [1.165, 1.54) is 0 Å². The third-order valence-electron chi connectivity index (χ3n) is 3.58. The molecule has 19 heavy (non-hydrogen) atoms. The van der Waals surface area contributed by atoms with Gasteiger partial charge in [0.05, 0.1) is 26.2 Å². The van der Waals surface area contributed by atoms with Gasteiger partial charge in [0.25, 0.3) is 0 Å². The first kappa shape index (κ1) is 14.0. The number of hydrogen-bond acceptors (Lipinski definition) is 4. The highest BCUT2D eigenvalue weighted by Gasteiger charge is 2.34. The third-order valence-corrected chi connectivity index (χ3v) is 3.58. The summed E-state index contributed by atoms with van der Waals surface area (Å²) in [5.41, 5.74) is 1.71. The van der Waals surface area contributed by atoms with E-state index in [4.69, 9.17) is 9.47 Å². The summed E-state index contributed by atoms with van der Waals surface area (Å²) < 4.78 is 10.6. The highest BCUT2D eigenvalue weighted by atomic mass is 16.5. The van der Waals surface area contributed by atoms with Crippen molar-refractivity contribution in [2.45, 2.75) is 19.9 Å². The second-order valence-electron chi connectivity index (χ2n) is 4.85. The Bertz CT molecular complexity index is 459. The Labute approximate surface area is 114 Å². The predicted octanol–water partition coefficient (Wildman–Crippen LogP) is 1.81. The minimum atomic E-state index is -0.0907. The Morgan fingerprint density at radius 2 is 2.26 bits per heavy atom. The van der Waals surface area contributed by atoms with Gasteiger partial charge in [0, 0.05) is 11.6 Å². The van der Waals surface area contributed by atoms with Gasteiger partial charge in [-0.25, -0.2) is 0 Å². The van der Waals surface area contributed by atoms with E-state index in [0.29, 0.717) is 13.2 Å². The number of rotatable bonds is 5. The average Bonchev–Trinajstić information content (AvgIpc) is 2.86. The molecule has 4 heteroatoms. The van der Waals surface area contributed by atoms with E-state index in [0.717, 1.165) is 23.4 Å². The van der Waals surface area contributed by atoms with Gasteiger partial charge in [-0.2, -0.15) is 0 Å². The second-order valence-corrected chi connectivity index (χ2v) is 4.85. The lowest BCUT2D eigenvalue weighted by Gasteiger charge is -2.18. The molecule has 104 valence electrons. The molecule has 1 heterocycles. The van der Waals surface area contributed by atoms with Gasteiger partial charge in [0.1, 0.15) is 5.75 Å². The highest BCUT2D eigenvalue weighted by molar-refractivity contribution is 6.00. The van der Waals surface area contributed by atoms with Gasteiger partial charge in [0.15, 0.2) is 5.78 Å². The summed E-state index contributed by atoms with van der Waals surface area (Å²) >= 11 is 0. The molecule has 0 aromatic heterocycles. The van der Waals surface area contributed by atoms with E-state index in [-0.39, 0.29) is 17.7 Å². The largest absolute Gasteiger partial charge is 0.497 e. The normalized spacial score (nSPS) is 22.5. The minimum Gasteiger partial charge on any atom is -0.497 e. The summed E-state index contributed by atoms with van der Waals surface area (Å²) in [6.45, 7) is 5.94. The van der Waals surface area contributed by atoms with Crippen LogP contribution in [0, 0.1) is 12.8 Å². The molecule has 1 aliphatic heterocycles. The zero-order chi connectivity index (χ0) is 13.8. The number of likely N-dealkylation sites (N-methyl/N-ethyl adjacent to an activating group) is 1. The van der Waals surface area contributed by atoms with Crippen molar-refractivity contribution in [3.05, 3.63) is 29.3 Å². The quantitative estimate of drug-likeness (QED) is 0.823. The van der Waals surface area contributed by atoms with E-state index in [9.17, 15) is 4.79 Å². The maximum absolute atomic E-state index is 12.6. The van der Waals surface area contributed by atoms with Crippen LogP contribution >= 0.6 is 0 Å². The van der Waals surface area contributed by atoms with Crippen LogP contribution in [-0.4, -0.2) is 38.7 Å². The van der Waals surface area contributed by atoms with Gasteiger partial charge < -0.3 is 14.8 Å². The Hall–Kier alpha value is -1.39. The fraction of sp³-hybridized carbons (Fsp3) is 0.533. The average molecular weight is 263 g/mol. The number of nitrogens with one attached hydrogen (secondary N) is 1. The van der Waals surface area contributed by atoms with Crippen LogP contribution in [0.2, 0.25) is 0 Å². The zero-order valence-electron chi connectivity index (χ0n) is 11.7. The van der Waals surface area contributed by atoms with Crippen molar-refractivity contribution in [1.82, 2.24) is 5.32 Å². The number of carbonyl (C=O) groups excluding carboxylic acids is 1. The zero-order valence-corrected chi connectivity index (χ0v) is 11.7. The Kier molecular flexibility index (Phi) is 4.56. The first-order valence-corrected chi connectivity index (χ1v) is 6.67. The van der Waals surface area contributed by atoms with E-state index in [2.05, 4.69) is 5.32 Å². The van der Waals surface area contributed by atoms with Gasteiger partial charge in [-0.1, -0.05) is 6.92 Å². The van der Waals surface area contributed by atoms with Crippen LogP contribution in [0.15, 0.2) is 18.2 Å². The van der Waals surface area contributed by atoms with E-state index < -0.39 is 0 Å². The standard InChI is InChI=1S/C15H21NO3/c1-4-16-14-9-19-8-13(14)15(17)12-6-5-11(18-3)7-10(12)2/h5-7,13-14,16H,4,8-9H2,1-3H3. The van der Waals surface area contributed by atoms with Crippen LogP contribution in [0.3, 0.4) is 0 Å². The first-order valence-electron chi connectivity index (χ1n) is 6.67. The molecule has 2 unspecified atom stereocenters. The van der Waals surface area contributed by atoms with Gasteiger partial charge in [-0.3, -0.25) is 4.79 Å². The maximum atomic E-state index is 12.6. The fourth-order valence-corrected chi connectivity index (χ4v) is 2.52. The van der Waals surface area contributed by atoms with Gasteiger partial charge in [-0.05, 0) is 37.2 Å². The number of carbonyl (C=O) groups is 1. The van der Waals surface area contributed by atoms with Gasteiger partial charge in [0.2, 0.25) is 0 Å². The van der Waals surface area contributed by atoms with Crippen molar-refractivity contribution in [2.75, 3.05) is 26.9 Å². The van der Waals surface area contributed by atoms with Crippen LogP contribution in [-0.2, 0) is 4.74 Å². The van der Waals surface area contributed by atoms with Crippen LogP contribution in [0.1, 0.15) is 22.8 Å². The molecule has 2 rings (SSSR count). The number of benzene rings is 1. The van der Waals surface area contributed by atoms with E-state index in [1.807, 2.05) is 32.0 Å². The number of aryl methyl sites for hydroxylation is 1. The Morgan fingerprint density at radius 1 is 1.47 bits per heavy atom. The molecule has 0 aliphatic carbocycles. The lowest BCUT2D eigenvalue weighted by Crippen LogP contribution is -2.39. The molecule has 1 N–H and O–H groups in total. The monoisotopic (exact) mass is 263 g/mol. The number of methoxy groups -OCH3 is 1. The van der Waals surface area contributed by atoms with Crippen molar-refractivity contribution >= 4 is 5.78 Å². The molecule has 0 amide bonds. The predicted molar refractivity (Wildman–Crippen MR) is 73.8 cm³/mol. The lowest BCUT2D eigenvalue weighted by atomic mass is 9.91. The topological polar surface area (TPSA) is 47.6 Å². The molecule has 1 saturated heterocycles. The number of ether oxygens (including phenoxy) is 2. The molecular weight excluding hydrogens is 242 g/mol. The number of hydrogen-bond donors (Lipinski definition) is 1. The Morgan fingerprint density at radius 3 is 2.89 bits per heavy atom. The summed E-state index contributed by atoms with van der Waals surface area (Å²) in [7, 11) is 1.63. The van der Waals surface area contributed by atoms with Crippen molar-refractivity contribution in [2.24, 2.45) is 5.92 Å². The van der Waals surface area contributed by atoms with E-state index in [1.54, 1.807) is 7.11 Å². The summed E-state index contributed by atoms with van der Waals surface area (Å²) in [6.07, 6.45) is 0. The molecule has 2 atom stereocenters. The molecule has 0 saturated carbocycles. The van der Waals surface area contributed by atoms with Crippen LogP contribution in [0.5, 0.6) is 5.75 Å². The minimum absolute atomic E-state index is 0.0907. The lowest BCUT2D eigenvalue weighted by molar-refractivity contribution is 0.0891. The number of Topliss-reactive ketones (excluding diaryl/α,β-unsaturated/α-hetero) is 1. The molecule has 0 spiro atoms. The van der Waals surface area contributed by atoms with Crippen LogP contribution < -0.4 is 10.1 Å². The first-order chi connectivity index (χ1) is 9.17. The summed E-state index contributed by atoms with van der Waals surface area (Å²) in [5.74, 6) is 0.843. The van der Waals surface area contributed by atoms with E-state index >= 15 is 0 Å². The van der Waals surface area contributed by atoms with Crippen molar-refractivity contribution < 1.29 is 14.3 Å². The third kappa shape index (κ3) is 2.96. The van der Waals surface area contributed by atoms with Crippen molar-refractivity contribution in [3.63, 3.8) is 0 Å². The fourth-order valence-electron chi connectivity index (χ4n) is 2.52.